The quantitative estimate of drug-likeness (QED) is 0.896. The highest BCUT2D eigenvalue weighted by Crippen LogP contribution is 2.15. The Labute approximate surface area is 127 Å². The SMILES string of the molecule is CC(C)Cn1cnc(S(=O)(=O)N2CCNC(C)C2)c1.Cl. The predicted molar refractivity (Wildman–Crippen MR) is 80.5 cm³/mol. The number of imidazole rings is 1. The number of nitrogens with zero attached hydrogens (tertiary/aromatic N) is 3. The van der Waals surface area contributed by atoms with Crippen LogP contribution in [0.25, 0.3) is 0 Å². The average molecular weight is 323 g/mol. The fourth-order valence-corrected chi connectivity index (χ4v) is 3.71. The molecule has 1 aromatic heterocycles. The summed E-state index contributed by atoms with van der Waals surface area (Å²) in [7, 11) is -3.45. The monoisotopic (exact) mass is 322 g/mol. The molecule has 0 aliphatic carbocycles. The van der Waals surface area contributed by atoms with Crippen molar-refractivity contribution in [2.45, 2.75) is 38.4 Å². The summed E-state index contributed by atoms with van der Waals surface area (Å²) in [5.41, 5.74) is 0. The predicted octanol–water partition coefficient (Wildman–Crippen LogP) is 0.943. The second-order valence-electron chi connectivity index (χ2n) is 5.52. The van der Waals surface area contributed by atoms with E-state index in [-0.39, 0.29) is 23.5 Å². The zero-order valence-corrected chi connectivity index (χ0v) is 13.7. The van der Waals surface area contributed by atoms with E-state index in [0.29, 0.717) is 25.6 Å². The van der Waals surface area contributed by atoms with Gasteiger partial charge in [-0.15, -0.1) is 12.4 Å². The molecule has 1 saturated heterocycles. The molecule has 116 valence electrons. The molecule has 2 heterocycles. The summed E-state index contributed by atoms with van der Waals surface area (Å²) in [5, 5.41) is 3.39. The van der Waals surface area contributed by atoms with Gasteiger partial charge in [0.25, 0.3) is 10.0 Å². The summed E-state index contributed by atoms with van der Waals surface area (Å²) in [6.07, 6.45) is 3.22. The van der Waals surface area contributed by atoms with Gasteiger partial charge in [0, 0.05) is 38.4 Å². The minimum absolute atomic E-state index is 0. The van der Waals surface area contributed by atoms with Gasteiger partial charge in [0.05, 0.1) is 6.33 Å². The first-order chi connectivity index (χ1) is 8.89. The van der Waals surface area contributed by atoms with Gasteiger partial charge in [0.2, 0.25) is 0 Å². The fraction of sp³-hybridized carbons (Fsp3) is 0.750. The molecule has 0 bridgehead atoms. The van der Waals surface area contributed by atoms with Gasteiger partial charge in [0.15, 0.2) is 5.03 Å². The summed E-state index contributed by atoms with van der Waals surface area (Å²) in [6, 6.07) is 0.182. The number of piperazine rings is 1. The van der Waals surface area contributed by atoms with Crippen LogP contribution < -0.4 is 5.32 Å². The molecule has 0 spiro atoms. The lowest BCUT2D eigenvalue weighted by atomic mass is 10.2. The van der Waals surface area contributed by atoms with Gasteiger partial charge in [-0.3, -0.25) is 0 Å². The van der Waals surface area contributed by atoms with E-state index in [9.17, 15) is 8.42 Å². The van der Waals surface area contributed by atoms with E-state index >= 15 is 0 Å². The fourth-order valence-electron chi connectivity index (χ4n) is 2.24. The van der Waals surface area contributed by atoms with Crippen molar-refractivity contribution in [1.82, 2.24) is 19.2 Å². The molecule has 6 nitrogen and oxygen atoms in total. The number of hydrogen-bond donors (Lipinski definition) is 1. The van der Waals surface area contributed by atoms with E-state index in [1.165, 1.54) is 4.31 Å². The molecule has 1 N–H and O–H groups in total. The number of aromatic nitrogens is 2. The highest BCUT2D eigenvalue weighted by atomic mass is 35.5. The largest absolute Gasteiger partial charge is 0.336 e. The molecule has 1 unspecified atom stereocenters. The van der Waals surface area contributed by atoms with E-state index < -0.39 is 10.0 Å². The Balaban J connectivity index is 0.00000200. The van der Waals surface area contributed by atoms with Crippen LogP contribution in [0, 0.1) is 5.92 Å². The Morgan fingerprint density at radius 3 is 2.80 bits per heavy atom. The molecule has 0 aromatic carbocycles. The molecular weight excluding hydrogens is 300 g/mol. The van der Waals surface area contributed by atoms with Gasteiger partial charge < -0.3 is 9.88 Å². The van der Waals surface area contributed by atoms with Gasteiger partial charge in [-0.05, 0) is 12.8 Å². The van der Waals surface area contributed by atoms with Crippen molar-refractivity contribution >= 4 is 22.4 Å². The van der Waals surface area contributed by atoms with E-state index in [1.54, 1.807) is 12.5 Å². The summed E-state index contributed by atoms with van der Waals surface area (Å²) in [6.45, 7) is 8.63. The van der Waals surface area contributed by atoms with E-state index in [4.69, 9.17) is 0 Å². The lowest BCUT2D eigenvalue weighted by molar-refractivity contribution is 0.309. The molecule has 1 aliphatic rings. The van der Waals surface area contributed by atoms with Crippen molar-refractivity contribution in [1.29, 1.82) is 0 Å². The molecule has 8 heteroatoms. The minimum Gasteiger partial charge on any atom is -0.336 e. The third-order valence-electron chi connectivity index (χ3n) is 3.12. The summed E-state index contributed by atoms with van der Waals surface area (Å²) >= 11 is 0. The number of halogens is 1. The molecule has 1 aromatic rings. The Morgan fingerprint density at radius 2 is 2.20 bits per heavy atom. The normalized spacial score (nSPS) is 20.9. The zero-order chi connectivity index (χ0) is 14.0. The Morgan fingerprint density at radius 1 is 1.50 bits per heavy atom. The minimum atomic E-state index is -3.45. The number of nitrogens with one attached hydrogen (secondary N) is 1. The van der Waals surface area contributed by atoms with Crippen molar-refractivity contribution in [3.05, 3.63) is 12.5 Å². The van der Waals surface area contributed by atoms with Gasteiger partial charge >= 0.3 is 0 Å². The maximum Gasteiger partial charge on any atom is 0.262 e. The van der Waals surface area contributed by atoms with Gasteiger partial charge in [-0.2, -0.15) is 4.31 Å². The molecule has 1 atom stereocenters. The highest BCUT2D eigenvalue weighted by Gasteiger charge is 2.30. The molecular formula is C12H23ClN4O2S. The van der Waals surface area contributed by atoms with Crippen molar-refractivity contribution in [3.8, 4) is 0 Å². The van der Waals surface area contributed by atoms with Crippen LogP contribution in [0.3, 0.4) is 0 Å². The van der Waals surface area contributed by atoms with Gasteiger partial charge in [-0.25, -0.2) is 13.4 Å². The van der Waals surface area contributed by atoms with Crippen LogP contribution in [-0.2, 0) is 16.6 Å². The number of sulfonamides is 1. The maximum atomic E-state index is 12.5. The first-order valence-corrected chi connectivity index (χ1v) is 8.09. The Bertz CT molecular complexity index is 529. The average Bonchev–Trinajstić information content (AvgIpc) is 2.77. The third kappa shape index (κ3) is 3.94. The van der Waals surface area contributed by atoms with Crippen LogP contribution in [0.15, 0.2) is 17.6 Å². The smallest absolute Gasteiger partial charge is 0.262 e. The van der Waals surface area contributed by atoms with Crippen LogP contribution in [0.5, 0.6) is 0 Å². The first kappa shape index (κ1) is 17.4. The third-order valence-corrected chi connectivity index (χ3v) is 4.87. The topological polar surface area (TPSA) is 67.2 Å². The Hall–Kier alpha value is -0.630. The van der Waals surface area contributed by atoms with E-state index in [0.717, 1.165) is 6.54 Å². The van der Waals surface area contributed by atoms with Crippen LogP contribution in [-0.4, -0.2) is 48.0 Å². The summed E-state index contributed by atoms with van der Waals surface area (Å²) < 4.78 is 28.3. The maximum absolute atomic E-state index is 12.5. The molecule has 0 radical (unpaired) electrons. The van der Waals surface area contributed by atoms with Crippen molar-refractivity contribution in [2.75, 3.05) is 19.6 Å². The molecule has 1 aliphatic heterocycles. The number of hydrogen-bond acceptors (Lipinski definition) is 4. The molecule has 1 fully saturated rings. The van der Waals surface area contributed by atoms with Crippen molar-refractivity contribution in [2.24, 2.45) is 5.92 Å². The number of rotatable bonds is 4. The lowest BCUT2D eigenvalue weighted by Crippen LogP contribution is -2.51. The van der Waals surface area contributed by atoms with Crippen molar-refractivity contribution in [3.63, 3.8) is 0 Å². The van der Waals surface area contributed by atoms with Crippen molar-refractivity contribution < 1.29 is 8.42 Å². The molecule has 2 rings (SSSR count). The summed E-state index contributed by atoms with van der Waals surface area (Å²) in [4.78, 5) is 4.05. The van der Waals surface area contributed by atoms with Crippen LogP contribution >= 0.6 is 12.4 Å². The summed E-state index contributed by atoms with van der Waals surface area (Å²) in [5.74, 6) is 0.462. The second kappa shape index (κ2) is 6.89. The lowest BCUT2D eigenvalue weighted by Gasteiger charge is -2.30. The Kier molecular flexibility index (Phi) is 6.00. The zero-order valence-electron chi connectivity index (χ0n) is 12.1. The van der Waals surface area contributed by atoms with Crippen LogP contribution in [0.2, 0.25) is 0 Å². The van der Waals surface area contributed by atoms with E-state index in [1.807, 2.05) is 11.5 Å². The molecule has 0 amide bonds. The van der Waals surface area contributed by atoms with Gasteiger partial charge in [0.1, 0.15) is 0 Å². The highest BCUT2D eigenvalue weighted by molar-refractivity contribution is 7.89. The van der Waals surface area contributed by atoms with Gasteiger partial charge in [-0.1, -0.05) is 13.8 Å². The van der Waals surface area contributed by atoms with Crippen LogP contribution in [0.4, 0.5) is 0 Å². The molecule has 20 heavy (non-hydrogen) atoms. The first-order valence-electron chi connectivity index (χ1n) is 6.65. The molecule has 0 saturated carbocycles. The van der Waals surface area contributed by atoms with Crippen LogP contribution in [0.1, 0.15) is 20.8 Å². The second-order valence-corrected chi connectivity index (χ2v) is 7.41. The van der Waals surface area contributed by atoms with E-state index in [2.05, 4.69) is 24.1 Å². The standard InChI is InChI=1S/C12H22N4O2S.ClH/c1-10(2)6-15-8-12(14-9-15)19(17,18)16-5-4-13-11(3)7-16;/h8-11,13H,4-7H2,1-3H3;1H.